The van der Waals surface area contributed by atoms with Crippen LogP contribution in [0.5, 0.6) is 0 Å². The van der Waals surface area contributed by atoms with Crippen molar-refractivity contribution in [2.24, 2.45) is 0 Å². The van der Waals surface area contributed by atoms with Gasteiger partial charge in [-0.2, -0.15) is 0 Å². The standard InChI is InChI=1S/C12H13N.H2O/c1-10-2-4-11(5-3-10)12-6-8-13-9-7-12;/h2-8,13H,9H2,1H3;1H2. The first-order valence-electron chi connectivity index (χ1n) is 4.63. The van der Waals surface area contributed by atoms with E-state index in [0.29, 0.717) is 0 Å². The molecular formula is C12H15NO. The van der Waals surface area contributed by atoms with Gasteiger partial charge in [0.2, 0.25) is 0 Å². The predicted molar refractivity (Wildman–Crippen MR) is 57.0 cm³/mol. The van der Waals surface area contributed by atoms with Crippen molar-refractivity contribution in [3.05, 3.63) is 53.7 Å². The molecule has 0 aromatic heterocycles. The highest BCUT2D eigenvalue weighted by atomic mass is 16.0. The second kappa shape index (κ2) is 4.74. The molecule has 1 aromatic rings. The largest absolute Gasteiger partial charge is 0.870 e. The van der Waals surface area contributed by atoms with Crippen molar-refractivity contribution in [2.75, 3.05) is 6.54 Å². The third kappa shape index (κ3) is 2.31. The summed E-state index contributed by atoms with van der Waals surface area (Å²) in [5.41, 5.74) is 3.97. The van der Waals surface area contributed by atoms with Crippen LogP contribution in [0, 0.1) is 6.92 Å². The summed E-state index contributed by atoms with van der Waals surface area (Å²) in [6, 6.07) is 8.66. The van der Waals surface area contributed by atoms with E-state index in [0.717, 1.165) is 6.54 Å². The van der Waals surface area contributed by atoms with Crippen LogP contribution in [0.4, 0.5) is 0 Å². The number of hydrogen-bond donors (Lipinski definition) is 1. The third-order valence-electron chi connectivity index (χ3n) is 2.27. The quantitative estimate of drug-likeness (QED) is 0.711. The van der Waals surface area contributed by atoms with Gasteiger partial charge in [0, 0.05) is 0 Å². The highest BCUT2D eigenvalue weighted by Gasteiger charge is 2.01. The van der Waals surface area contributed by atoms with Gasteiger partial charge >= 0.3 is 0 Å². The minimum absolute atomic E-state index is 0. The van der Waals surface area contributed by atoms with Crippen LogP contribution in [0.1, 0.15) is 11.1 Å². The van der Waals surface area contributed by atoms with Gasteiger partial charge in [0.05, 0.1) is 12.7 Å². The van der Waals surface area contributed by atoms with E-state index < -0.39 is 0 Å². The lowest BCUT2D eigenvalue weighted by Crippen LogP contribution is -2.78. The molecule has 0 bridgehead atoms. The first-order valence-corrected chi connectivity index (χ1v) is 4.63. The molecule has 2 nitrogen and oxygen atoms in total. The van der Waals surface area contributed by atoms with Crippen molar-refractivity contribution >= 4 is 5.57 Å². The van der Waals surface area contributed by atoms with E-state index in [9.17, 15) is 0 Å². The molecule has 0 unspecified atom stereocenters. The Morgan fingerprint density at radius 3 is 2.43 bits per heavy atom. The molecule has 0 atom stereocenters. The van der Waals surface area contributed by atoms with E-state index in [-0.39, 0.29) is 5.48 Å². The number of benzene rings is 1. The summed E-state index contributed by atoms with van der Waals surface area (Å²) in [5, 5.41) is 2.16. The molecule has 14 heavy (non-hydrogen) atoms. The van der Waals surface area contributed by atoms with Crippen LogP contribution in [-0.4, -0.2) is 12.0 Å². The van der Waals surface area contributed by atoms with Crippen LogP contribution in [0.25, 0.3) is 5.57 Å². The minimum atomic E-state index is 0. The monoisotopic (exact) mass is 189 g/mol. The molecule has 0 fully saturated rings. The van der Waals surface area contributed by atoms with E-state index in [2.05, 4.69) is 54.9 Å². The first-order chi connectivity index (χ1) is 6.36. The Hall–Kier alpha value is -1.38. The van der Waals surface area contributed by atoms with Gasteiger partial charge in [0.15, 0.2) is 0 Å². The lowest BCUT2D eigenvalue weighted by atomic mass is 10.0. The zero-order chi connectivity index (χ0) is 9.10. The summed E-state index contributed by atoms with van der Waals surface area (Å²) in [7, 11) is 0. The smallest absolute Gasteiger partial charge is 0.0993 e. The predicted octanol–water partition coefficient (Wildman–Crippen LogP) is 1.29. The average Bonchev–Trinajstić information content (AvgIpc) is 2.20. The number of rotatable bonds is 1. The topological polar surface area (TPSA) is 46.6 Å². The van der Waals surface area contributed by atoms with E-state index in [1.165, 1.54) is 16.7 Å². The number of aryl methyl sites for hydroxylation is 1. The molecule has 1 aliphatic rings. The van der Waals surface area contributed by atoms with Crippen molar-refractivity contribution in [3.8, 4) is 0 Å². The molecular weight excluding hydrogens is 174 g/mol. The molecule has 1 heterocycles. The van der Waals surface area contributed by atoms with Gasteiger partial charge in [-0.1, -0.05) is 29.8 Å². The fourth-order valence-electron chi connectivity index (χ4n) is 1.47. The zero-order valence-electron chi connectivity index (χ0n) is 8.27. The minimum Gasteiger partial charge on any atom is -0.870 e. The van der Waals surface area contributed by atoms with Gasteiger partial charge in [0.1, 0.15) is 0 Å². The second-order valence-electron chi connectivity index (χ2n) is 3.36. The van der Waals surface area contributed by atoms with Crippen molar-refractivity contribution in [2.45, 2.75) is 6.92 Å². The van der Waals surface area contributed by atoms with Gasteiger partial charge in [-0.25, -0.2) is 0 Å². The average molecular weight is 189 g/mol. The van der Waals surface area contributed by atoms with Crippen LogP contribution < -0.4 is 5.32 Å². The zero-order valence-corrected chi connectivity index (χ0v) is 8.27. The summed E-state index contributed by atoms with van der Waals surface area (Å²) in [4.78, 5) is 0. The molecule has 2 rings (SSSR count). The molecule has 1 aliphatic heterocycles. The fraction of sp³-hybridized carbons (Fsp3) is 0.167. The summed E-state index contributed by atoms with van der Waals surface area (Å²) in [6.45, 7) is 3.17. The number of hydrogen-bond acceptors (Lipinski definition) is 1. The molecule has 2 heteroatoms. The molecule has 0 saturated heterocycles. The summed E-state index contributed by atoms with van der Waals surface area (Å²) in [6.07, 6.45) is 6.54. The van der Waals surface area contributed by atoms with Crippen LogP contribution >= 0.6 is 0 Å². The Morgan fingerprint density at radius 1 is 1.14 bits per heavy atom. The van der Waals surface area contributed by atoms with Crippen molar-refractivity contribution in [3.63, 3.8) is 0 Å². The summed E-state index contributed by atoms with van der Waals surface area (Å²) < 4.78 is 0. The van der Waals surface area contributed by atoms with Crippen molar-refractivity contribution in [1.29, 1.82) is 0 Å². The van der Waals surface area contributed by atoms with Gasteiger partial charge in [-0.05, 0) is 30.2 Å². The first kappa shape index (κ1) is 10.7. The molecule has 1 aromatic carbocycles. The fourth-order valence-corrected chi connectivity index (χ4v) is 1.47. The third-order valence-corrected chi connectivity index (χ3v) is 2.27. The number of allylic oxidation sites excluding steroid dienone is 2. The Kier molecular flexibility index (Phi) is 3.63. The highest BCUT2D eigenvalue weighted by Crippen LogP contribution is 2.16. The van der Waals surface area contributed by atoms with Gasteiger partial charge in [-0.15, -0.1) is 0 Å². The van der Waals surface area contributed by atoms with E-state index in [1.54, 1.807) is 0 Å². The Balaban J connectivity index is 0.000000980. The van der Waals surface area contributed by atoms with E-state index >= 15 is 0 Å². The van der Waals surface area contributed by atoms with Crippen molar-refractivity contribution in [1.82, 2.24) is 0 Å². The molecule has 0 amide bonds. The van der Waals surface area contributed by atoms with Crippen LogP contribution in [-0.2, 0) is 0 Å². The second-order valence-corrected chi connectivity index (χ2v) is 3.36. The molecule has 0 radical (unpaired) electrons. The molecule has 0 saturated carbocycles. The SMILES string of the molecule is Cc1ccc(C2=CC[NH2+]C=C2)cc1.[OH-]. The molecule has 0 aliphatic carbocycles. The maximum Gasteiger partial charge on any atom is 0.0993 e. The van der Waals surface area contributed by atoms with Crippen molar-refractivity contribution < 1.29 is 10.8 Å². The Labute approximate surface area is 84.3 Å². The Bertz CT molecular complexity index is 349. The maximum atomic E-state index is 2.25. The normalized spacial score (nSPS) is 14.5. The van der Waals surface area contributed by atoms with Crippen LogP contribution in [0.3, 0.4) is 0 Å². The molecule has 3 N–H and O–H groups in total. The molecule has 74 valence electrons. The lowest BCUT2D eigenvalue weighted by molar-refractivity contribution is -0.578. The van der Waals surface area contributed by atoms with Gasteiger partial charge in [-0.3, -0.25) is 0 Å². The Morgan fingerprint density at radius 2 is 1.86 bits per heavy atom. The van der Waals surface area contributed by atoms with Crippen LogP contribution in [0.15, 0.2) is 42.6 Å². The number of nitrogens with two attached hydrogens (primary N) is 1. The maximum absolute atomic E-state index is 2.25. The van der Waals surface area contributed by atoms with Gasteiger partial charge < -0.3 is 10.8 Å². The van der Waals surface area contributed by atoms with E-state index in [1.807, 2.05) is 0 Å². The van der Waals surface area contributed by atoms with Crippen LogP contribution in [0.2, 0.25) is 0 Å². The number of quaternary nitrogens is 1. The van der Waals surface area contributed by atoms with Gasteiger partial charge in [0.25, 0.3) is 0 Å². The molecule has 0 spiro atoms. The lowest BCUT2D eigenvalue weighted by Gasteiger charge is -2.05. The van der Waals surface area contributed by atoms with E-state index in [4.69, 9.17) is 0 Å². The highest BCUT2D eigenvalue weighted by molar-refractivity contribution is 5.74. The summed E-state index contributed by atoms with van der Waals surface area (Å²) in [5.74, 6) is 0. The summed E-state index contributed by atoms with van der Waals surface area (Å²) >= 11 is 0.